The fraction of sp³-hybridized carbons (Fsp3) is 0.929. The summed E-state index contributed by atoms with van der Waals surface area (Å²) in [5.41, 5.74) is 0. The third-order valence-corrected chi connectivity index (χ3v) is 4.04. The predicted molar refractivity (Wildman–Crippen MR) is 71.2 cm³/mol. The Morgan fingerprint density at radius 2 is 2.11 bits per heavy atom. The number of aliphatic hydroxyl groups is 1. The predicted octanol–water partition coefficient (Wildman–Crippen LogP) is 0.994. The molecule has 1 saturated carbocycles. The van der Waals surface area contributed by atoms with Gasteiger partial charge in [-0.15, -0.1) is 0 Å². The number of aliphatic hydroxyl groups excluding tert-OH is 1. The Hall–Kier alpha value is -0.610. The lowest BCUT2D eigenvalue weighted by atomic mass is 9.91. The summed E-state index contributed by atoms with van der Waals surface area (Å²) in [5.74, 6) is 0.736. The fourth-order valence-corrected chi connectivity index (χ4v) is 2.84. The third-order valence-electron chi connectivity index (χ3n) is 4.04. The molecule has 104 valence electrons. The topological polar surface area (TPSA) is 52.6 Å². The number of amides is 1. The largest absolute Gasteiger partial charge is 0.396 e. The number of hydrogen-bond acceptors (Lipinski definition) is 3. The maximum Gasteiger partial charge on any atom is 0.222 e. The monoisotopic (exact) mass is 254 g/mol. The second-order valence-electron chi connectivity index (χ2n) is 6.16. The van der Waals surface area contributed by atoms with Crippen molar-refractivity contribution in [3.05, 3.63) is 0 Å². The third kappa shape index (κ3) is 3.69. The zero-order valence-corrected chi connectivity index (χ0v) is 11.6. The normalized spacial score (nSPS) is 29.6. The van der Waals surface area contributed by atoms with Gasteiger partial charge in [-0.2, -0.15) is 0 Å². The highest BCUT2D eigenvalue weighted by molar-refractivity contribution is 5.78. The van der Waals surface area contributed by atoms with Crippen molar-refractivity contribution in [2.75, 3.05) is 19.7 Å². The molecule has 2 fully saturated rings. The molecule has 0 aromatic rings. The molecule has 0 aromatic heterocycles. The average Bonchev–Trinajstić information content (AvgIpc) is 3.12. The van der Waals surface area contributed by atoms with Gasteiger partial charge in [-0.05, 0) is 31.6 Å². The van der Waals surface area contributed by atoms with E-state index in [2.05, 4.69) is 10.2 Å². The molecule has 2 unspecified atom stereocenters. The molecule has 4 nitrogen and oxygen atoms in total. The number of nitrogens with zero attached hydrogens (tertiary/aromatic N) is 1. The highest BCUT2D eigenvalue weighted by Crippen LogP contribution is 2.32. The lowest BCUT2D eigenvalue weighted by Crippen LogP contribution is -2.52. The molecule has 0 aromatic carbocycles. The van der Waals surface area contributed by atoms with Crippen molar-refractivity contribution >= 4 is 5.91 Å². The molecule has 0 spiro atoms. The van der Waals surface area contributed by atoms with E-state index in [9.17, 15) is 4.79 Å². The van der Waals surface area contributed by atoms with Crippen molar-refractivity contribution < 1.29 is 9.90 Å². The number of hydrogen-bond donors (Lipinski definition) is 2. The van der Waals surface area contributed by atoms with Crippen LogP contribution in [-0.2, 0) is 4.79 Å². The van der Waals surface area contributed by atoms with Crippen LogP contribution < -0.4 is 5.32 Å². The van der Waals surface area contributed by atoms with Gasteiger partial charge in [0.05, 0.1) is 0 Å². The number of rotatable bonds is 5. The number of carbonyl (C=O) groups excluding carboxylic acids is 1. The van der Waals surface area contributed by atoms with E-state index in [1.54, 1.807) is 0 Å². The van der Waals surface area contributed by atoms with E-state index < -0.39 is 0 Å². The molecule has 18 heavy (non-hydrogen) atoms. The quantitative estimate of drug-likeness (QED) is 0.769. The van der Waals surface area contributed by atoms with Gasteiger partial charge in [0.1, 0.15) is 0 Å². The summed E-state index contributed by atoms with van der Waals surface area (Å²) in [6.07, 6.45) is 4.48. The Labute approximate surface area is 110 Å². The van der Waals surface area contributed by atoms with Crippen LogP contribution in [0.1, 0.15) is 39.5 Å². The summed E-state index contributed by atoms with van der Waals surface area (Å²) in [7, 11) is 0. The van der Waals surface area contributed by atoms with Gasteiger partial charge in [-0.1, -0.05) is 13.8 Å². The smallest absolute Gasteiger partial charge is 0.222 e. The van der Waals surface area contributed by atoms with Gasteiger partial charge in [0.2, 0.25) is 5.91 Å². The molecule has 0 bridgehead atoms. The second-order valence-corrected chi connectivity index (χ2v) is 6.16. The van der Waals surface area contributed by atoms with E-state index in [4.69, 9.17) is 5.11 Å². The molecule has 4 heteroatoms. The van der Waals surface area contributed by atoms with Gasteiger partial charge in [0.25, 0.3) is 0 Å². The minimum Gasteiger partial charge on any atom is -0.396 e. The first-order chi connectivity index (χ1) is 8.60. The first-order valence-electron chi connectivity index (χ1n) is 7.25. The fourth-order valence-electron chi connectivity index (χ4n) is 2.84. The van der Waals surface area contributed by atoms with Crippen molar-refractivity contribution in [1.29, 1.82) is 0 Å². The van der Waals surface area contributed by atoms with Crippen LogP contribution in [0.3, 0.4) is 0 Å². The van der Waals surface area contributed by atoms with Gasteiger partial charge < -0.3 is 10.4 Å². The van der Waals surface area contributed by atoms with Crippen molar-refractivity contribution in [3.63, 3.8) is 0 Å². The maximum atomic E-state index is 11.8. The molecule has 1 saturated heterocycles. The van der Waals surface area contributed by atoms with Gasteiger partial charge in [0, 0.05) is 37.7 Å². The van der Waals surface area contributed by atoms with E-state index in [0.29, 0.717) is 5.92 Å². The SMILES string of the molecule is CC(C)C(=O)NC1CC(CCO)CN(C2CC2)C1. The summed E-state index contributed by atoms with van der Waals surface area (Å²) in [4.78, 5) is 14.3. The molecule has 1 aliphatic heterocycles. The number of likely N-dealkylation sites (tertiary alicyclic amines) is 1. The molecule has 1 heterocycles. The van der Waals surface area contributed by atoms with Crippen molar-refractivity contribution in [1.82, 2.24) is 10.2 Å². The van der Waals surface area contributed by atoms with E-state index in [0.717, 1.165) is 32.0 Å². The van der Waals surface area contributed by atoms with Crippen LogP contribution in [0.4, 0.5) is 0 Å². The second kappa shape index (κ2) is 6.02. The molecular formula is C14H26N2O2. The summed E-state index contributed by atoms with van der Waals surface area (Å²) >= 11 is 0. The summed E-state index contributed by atoms with van der Waals surface area (Å²) in [6.45, 7) is 6.21. The summed E-state index contributed by atoms with van der Waals surface area (Å²) < 4.78 is 0. The molecule has 2 aliphatic rings. The molecule has 1 aliphatic carbocycles. The number of nitrogens with one attached hydrogen (secondary N) is 1. The Balaban J connectivity index is 1.89. The molecule has 2 N–H and O–H groups in total. The van der Waals surface area contributed by atoms with Gasteiger partial charge >= 0.3 is 0 Å². The first-order valence-corrected chi connectivity index (χ1v) is 7.25. The number of piperidine rings is 1. The van der Waals surface area contributed by atoms with Crippen LogP contribution >= 0.6 is 0 Å². The van der Waals surface area contributed by atoms with E-state index in [1.165, 1.54) is 12.8 Å². The van der Waals surface area contributed by atoms with E-state index in [-0.39, 0.29) is 24.5 Å². The zero-order valence-electron chi connectivity index (χ0n) is 11.6. The van der Waals surface area contributed by atoms with Crippen molar-refractivity contribution in [3.8, 4) is 0 Å². The molecule has 0 radical (unpaired) electrons. The molecule has 2 rings (SSSR count). The lowest BCUT2D eigenvalue weighted by molar-refractivity contribution is -0.125. The highest BCUT2D eigenvalue weighted by atomic mass is 16.3. The Morgan fingerprint density at radius 1 is 1.39 bits per heavy atom. The Kier molecular flexibility index (Phi) is 4.62. The maximum absolute atomic E-state index is 11.8. The molecular weight excluding hydrogens is 228 g/mol. The van der Waals surface area contributed by atoms with Crippen LogP contribution in [0.2, 0.25) is 0 Å². The van der Waals surface area contributed by atoms with E-state index >= 15 is 0 Å². The standard InChI is InChI=1S/C14H26N2O2/c1-10(2)14(18)15-12-7-11(5-6-17)8-16(9-12)13-3-4-13/h10-13,17H,3-9H2,1-2H3,(H,15,18). The Morgan fingerprint density at radius 3 is 2.67 bits per heavy atom. The van der Waals surface area contributed by atoms with Crippen LogP contribution in [-0.4, -0.2) is 47.7 Å². The van der Waals surface area contributed by atoms with Crippen LogP contribution in [0.15, 0.2) is 0 Å². The van der Waals surface area contributed by atoms with Gasteiger partial charge in [0.15, 0.2) is 0 Å². The van der Waals surface area contributed by atoms with Gasteiger partial charge in [-0.25, -0.2) is 0 Å². The highest BCUT2D eigenvalue weighted by Gasteiger charge is 2.36. The Bertz CT molecular complexity index is 290. The molecule has 1 amide bonds. The van der Waals surface area contributed by atoms with Crippen LogP contribution in [0.5, 0.6) is 0 Å². The zero-order chi connectivity index (χ0) is 13.1. The lowest BCUT2D eigenvalue weighted by Gasteiger charge is -2.38. The van der Waals surface area contributed by atoms with Crippen molar-refractivity contribution in [2.45, 2.75) is 51.6 Å². The first kappa shape index (κ1) is 13.8. The average molecular weight is 254 g/mol. The van der Waals surface area contributed by atoms with Crippen LogP contribution in [0, 0.1) is 11.8 Å². The molecule has 2 atom stereocenters. The van der Waals surface area contributed by atoms with E-state index in [1.807, 2.05) is 13.8 Å². The van der Waals surface area contributed by atoms with Crippen LogP contribution in [0.25, 0.3) is 0 Å². The van der Waals surface area contributed by atoms with Crippen molar-refractivity contribution in [2.24, 2.45) is 11.8 Å². The summed E-state index contributed by atoms with van der Waals surface area (Å²) in [6, 6.07) is 1.01. The minimum atomic E-state index is 0.0533. The van der Waals surface area contributed by atoms with Gasteiger partial charge in [-0.3, -0.25) is 9.69 Å². The summed E-state index contributed by atoms with van der Waals surface area (Å²) in [5, 5.41) is 12.3. The minimum absolute atomic E-state index is 0.0533. The number of carbonyl (C=O) groups is 1.